The normalized spacial score (nSPS) is 11.3. The van der Waals surface area contributed by atoms with Gasteiger partial charge >= 0.3 is 0 Å². The number of rotatable bonds is 15. The molecule has 9 heteroatoms. The van der Waals surface area contributed by atoms with E-state index in [2.05, 4.69) is 0 Å². The van der Waals surface area contributed by atoms with Crippen molar-refractivity contribution in [3.05, 3.63) is 0 Å². The van der Waals surface area contributed by atoms with Crippen LogP contribution in [0.3, 0.4) is 0 Å². The van der Waals surface area contributed by atoms with Crippen LogP contribution in [0.25, 0.3) is 0 Å². The highest BCUT2D eigenvalue weighted by atomic mass is 16.5. The summed E-state index contributed by atoms with van der Waals surface area (Å²) in [5, 5.41) is 0. The number of hydrogen-bond acceptors (Lipinski definition) is 7. The number of carbonyl (C=O) groups is 3. The summed E-state index contributed by atoms with van der Waals surface area (Å²) in [4.78, 5) is 31.5. The van der Waals surface area contributed by atoms with E-state index in [9.17, 15) is 14.4 Å². The molecule has 0 aromatic rings. The van der Waals surface area contributed by atoms with Gasteiger partial charge in [0.05, 0.1) is 45.2 Å². The average molecular weight is 319 g/mol. The molecule has 0 saturated heterocycles. The topological polar surface area (TPSA) is 157 Å². The van der Waals surface area contributed by atoms with E-state index in [0.29, 0.717) is 0 Å². The van der Waals surface area contributed by atoms with Crippen LogP contribution in [0.2, 0.25) is 0 Å². The van der Waals surface area contributed by atoms with Gasteiger partial charge in [-0.2, -0.15) is 0 Å². The van der Waals surface area contributed by atoms with E-state index in [1.54, 1.807) is 0 Å². The zero-order valence-corrected chi connectivity index (χ0v) is 12.6. The Morgan fingerprint density at radius 1 is 0.864 bits per heavy atom. The van der Waals surface area contributed by atoms with Crippen molar-refractivity contribution in [3.8, 4) is 0 Å². The highest BCUT2D eigenvalue weighted by Gasteiger charge is 2.26. The second kappa shape index (κ2) is 12.0. The smallest absolute Gasteiger partial charge is 0.219 e. The first-order valence-electron chi connectivity index (χ1n) is 6.92. The lowest BCUT2D eigenvalue weighted by molar-refractivity contribution is -0.119. The molecule has 0 rings (SSSR count). The first kappa shape index (κ1) is 20.5. The van der Waals surface area contributed by atoms with Gasteiger partial charge in [0.1, 0.15) is 6.29 Å². The molecule has 0 fully saturated rings. The van der Waals surface area contributed by atoms with E-state index in [0.717, 1.165) is 6.29 Å². The Kier molecular flexibility index (Phi) is 11.2. The van der Waals surface area contributed by atoms with Crippen molar-refractivity contribution in [2.24, 2.45) is 17.2 Å². The molecule has 0 saturated carbocycles. The lowest BCUT2D eigenvalue weighted by Crippen LogP contribution is -2.53. The van der Waals surface area contributed by atoms with Crippen molar-refractivity contribution in [1.82, 2.24) is 0 Å². The zero-order valence-electron chi connectivity index (χ0n) is 12.6. The zero-order chi connectivity index (χ0) is 16.8. The largest absolute Gasteiger partial charge is 0.379 e. The third-order valence-corrected chi connectivity index (χ3v) is 2.53. The standard InChI is InChI=1S/C13H25N3O6/c14-11(18)2-6-21-9-13(16,8-20-5-1-4-17)10-22-7-3-12(15)19/h4H,1-3,5-10,16H2,(H2,14,18)(H2,15,19). The molecule has 6 N–H and O–H groups in total. The number of hydrogen-bond donors (Lipinski definition) is 3. The van der Waals surface area contributed by atoms with Crippen molar-refractivity contribution in [1.29, 1.82) is 0 Å². The highest BCUT2D eigenvalue weighted by molar-refractivity contribution is 5.74. The monoisotopic (exact) mass is 319 g/mol. The molecule has 0 aliphatic carbocycles. The van der Waals surface area contributed by atoms with Crippen molar-refractivity contribution >= 4 is 18.1 Å². The fourth-order valence-electron chi connectivity index (χ4n) is 1.43. The van der Waals surface area contributed by atoms with E-state index in [-0.39, 0.29) is 58.9 Å². The number of ether oxygens (including phenoxy) is 3. The summed E-state index contributed by atoms with van der Waals surface area (Å²) in [5.41, 5.74) is 15.2. The number of nitrogens with two attached hydrogens (primary N) is 3. The molecular formula is C13H25N3O6. The minimum Gasteiger partial charge on any atom is -0.379 e. The lowest BCUT2D eigenvalue weighted by atomic mass is 10.1. The Bertz CT molecular complexity index is 329. The Hall–Kier alpha value is -1.55. The van der Waals surface area contributed by atoms with E-state index >= 15 is 0 Å². The third-order valence-electron chi connectivity index (χ3n) is 2.53. The summed E-state index contributed by atoms with van der Waals surface area (Å²) in [6, 6.07) is 0. The van der Waals surface area contributed by atoms with E-state index in [1.807, 2.05) is 0 Å². The van der Waals surface area contributed by atoms with Crippen LogP contribution in [-0.2, 0) is 28.6 Å². The van der Waals surface area contributed by atoms with Crippen molar-refractivity contribution in [2.75, 3.05) is 39.6 Å². The van der Waals surface area contributed by atoms with Crippen LogP contribution in [0.15, 0.2) is 0 Å². The van der Waals surface area contributed by atoms with Crippen LogP contribution in [0.4, 0.5) is 0 Å². The van der Waals surface area contributed by atoms with Crippen LogP contribution >= 0.6 is 0 Å². The van der Waals surface area contributed by atoms with Crippen molar-refractivity contribution in [2.45, 2.75) is 24.8 Å². The first-order valence-corrected chi connectivity index (χ1v) is 6.92. The molecule has 0 unspecified atom stereocenters. The van der Waals surface area contributed by atoms with Gasteiger partial charge in [-0.25, -0.2) is 0 Å². The SMILES string of the molecule is NC(=O)CCOCC(N)(COCCC=O)COCCC(N)=O. The maximum absolute atomic E-state index is 10.6. The van der Waals surface area contributed by atoms with Gasteiger partial charge in [-0.3, -0.25) is 9.59 Å². The molecule has 0 spiro atoms. The highest BCUT2D eigenvalue weighted by Crippen LogP contribution is 2.05. The molecule has 128 valence electrons. The molecule has 0 bridgehead atoms. The van der Waals surface area contributed by atoms with E-state index in [4.69, 9.17) is 31.4 Å². The van der Waals surface area contributed by atoms with Gasteiger partial charge in [0.25, 0.3) is 0 Å². The number of aldehydes is 1. The van der Waals surface area contributed by atoms with Gasteiger partial charge in [-0.1, -0.05) is 0 Å². The summed E-state index contributed by atoms with van der Waals surface area (Å²) in [5.74, 6) is -0.940. The molecule has 0 aliphatic rings. The lowest BCUT2D eigenvalue weighted by Gasteiger charge is -2.28. The van der Waals surface area contributed by atoms with Crippen LogP contribution in [0, 0.1) is 0 Å². The van der Waals surface area contributed by atoms with Crippen molar-refractivity contribution in [3.63, 3.8) is 0 Å². The predicted octanol–water partition coefficient (Wildman–Crippen LogP) is -1.93. The molecule has 0 heterocycles. The summed E-state index contributed by atoms with van der Waals surface area (Å²) < 4.78 is 15.9. The number of amides is 2. The number of primary amides is 2. The fourth-order valence-corrected chi connectivity index (χ4v) is 1.43. The summed E-state index contributed by atoms with van der Waals surface area (Å²) in [7, 11) is 0. The molecular weight excluding hydrogens is 294 g/mol. The Morgan fingerprint density at radius 2 is 1.27 bits per heavy atom. The van der Waals surface area contributed by atoms with Gasteiger partial charge in [0.15, 0.2) is 0 Å². The Labute approximate surface area is 129 Å². The van der Waals surface area contributed by atoms with Crippen LogP contribution in [0.1, 0.15) is 19.3 Å². The van der Waals surface area contributed by atoms with E-state index < -0.39 is 17.4 Å². The minimum absolute atomic E-state index is 0.0813. The average Bonchev–Trinajstić information content (AvgIpc) is 2.45. The summed E-state index contributed by atoms with van der Waals surface area (Å²) in [6.07, 6.45) is 1.18. The molecule has 0 aromatic carbocycles. The van der Waals surface area contributed by atoms with Crippen LogP contribution in [0.5, 0.6) is 0 Å². The second-order valence-corrected chi connectivity index (χ2v) is 4.91. The third kappa shape index (κ3) is 12.2. The Balaban J connectivity index is 4.17. The van der Waals surface area contributed by atoms with Crippen molar-refractivity contribution < 1.29 is 28.6 Å². The predicted molar refractivity (Wildman–Crippen MR) is 77.7 cm³/mol. The molecule has 0 radical (unpaired) electrons. The maximum Gasteiger partial charge on any atom is 0.219 e. The molecule has 0 aromatic heterocycles. The summed E-state index contributed by atoms with van der Waals surface area (Å²) >= 11 is 0. The molecule has 22 heavy (non-hydrogen) atoms. The van der Waals surface area contributed by atoms with Gasteiger partial charge in [0, 0.05) is 19.3 Å². The second-order valence-electron chi connectivity index (χ2n) is 4.91. The molecule has 2 amide bonds. The van der Waals surface area contributed by atoms with Crippen LogP contribution in [-0.4, -0.2) is 63.3 Å². The van der Waals surface area contributed by atoms with Gasteiger partial charge < -0.3 is 36.2 Å². The van der Waals surface area contributed by atoms with Gasteiger partial charge in [0.2, 0.25) is 11.8 Å². The van der Waals surface area contributed by atoms with Gasteiger partial charge in [-0.05, 0) is 0 Å². The van der Waals surface area contributed by atoms with Crippen LogP contribution < -0.4 is 17.2 Å². The first-order chi connectivity index (χ1) is 10.4. The molecule has 9 nitrogen and oxygen atoms in total. The van der Waals surface area contributed by atoms with E-state index in [1.165, 1.54) is 0 Å². The molecule has 0 atom stereocenters. The van der Waals surface area contributed by atoms with Gasteiger partial charge in [-0.15, -0.1) is 0 Å². The minimum atomic E-state index is -0.960. The molecule has 0 aliphatic heterocycles. The fraction of sp³-hybridized carbons (Fsp3) is 0.769. The quantitative estimate of drug-likeness (QED) is 0.234. The summed E-state index contributed by atoms with van der Waals surface area (Å²) in [6.45, 7) is 0.794. The number of carbonyl (C=O) groups excluding carboxylic acids is 3. The maximum atomic E-state index is 10.6. The Morgan fingerprint density at radius 3 is 1.64 bits per heavy atom.